The molecule has 2 fully saturated rings. The van der Waals surface area contributed by atoms with Gasteiger partial charge in [-0.3, -0.25) is 9.59 Å². The number of rotatable bonds is 3. The molecule has 8 nitrogen and oxygen atoms in total. The number of halogens is 2. The Labute approximate surface area is 137 Å². The Kier molecular flexibility index (Phi) is 4.48. The highest BCUT2D eigenvalue weighted by Gasteiger charge is 2.46. The van der Waals surface area contributed by atoms with Gasteiger partial charge in [0.2, 0.25) is 5.91 Å². The predicted octanol–water partition coefficient (Wildman–Crippen LogP) is 0.00660. The molecule has 2 aliphatic heterocycles. The molecular weight excluding hydrogens is 324 g/mol. The number of ether oxygens (including phenoxy) is 1. The molecule has 1 unspecified atom stereocenters. The summed E-state index contributed by atoms with van der Waals surface area (Å²) in [5, 5.41) is 7.67. The highest BCUT2D eigenvalue weighted by Crippen LogP contribution is 2.32. The molecule has 1 atom stereocenters. The van der Waals surface area contributed by atoms with Gasteiger partial charge in [0.05, 0.1) is 38.5 Å². The van der Waals surface area contributed by atoms with Gasteiger partial charge < -0.3 is 14.5 Å². The van der Waals surface area contributed by atoms with Crippen molar-refractivity contribution in [1.82, 2.24) is 24.8 Å². The van der Waals surface area contributed by atoms with Crippen LogP contribution < -0.4 is 0 Å². The minimum atomic E-state index is -2.90. The molecule has 2 aliphatic rings. The van der Waals surface area contributed by atoms with E-state index >= 15 is 0 Å². The zero-order valence-corrected chi connectivity index (χ0v) is 13.3. The van der Waals surface area contributed by atoms with E-state index in [1.165, 1.54) is 17.8 Å². The zero-order valence-electron chi connectivity index (χ0n) is 13.3. The van der Waals surface area contributed by atoms with Crippen LogP contribution in [0.2, 0.25) is 0 Å². The maximum absolute atomic E-state index is 13.6. The molecule has 132 valence electrons. The van der Waals surface area contributed by atoms with E-state index in [9.17, 15) is 18.4 Å². The molecule has 3 heterocycles. The first-order valence-corrected chi connectivity index (χ1v) is 7.78. The lowest BCUT2D eigenvalue weighted by Gasteiger charge is -2.25. The van der Waals surface area contributed by atoms with Crippen LogP contribution in [-0.4, -0.2) is 81.4 Å². The van der Waals surface area contributed by atoms with Gasteiger partial charge in [-0.2, -0.15) is 0 Å². The van der Waals surface area contributed by atoms with Crippen LogP contribution in [0.3, 0.4) is 0 Å². The molecule has 1 aromatic rings. The quantitative estimate of drug-likeness (QED) is 0.772. The maximum Gasteiger partial charge on any atom is 0.276 e. The highest BCUT2D eigenvalue weighted by atomic mass is 19.3. The number of hydrogen-bond donors (Lipinski definition) is 0. The van der Waals surface area contributed by atoms with Crippen LogP contribution >= 0.6 is 0 Å². The van der Waals surface area contributed by atoms with Gasteiger partial charge in [0.1, 0.15) is 0 Å². The molecule has 0 bridgehead atoms. The molecule has 10 heteroatoms. The van der Waals surface area contributed by atoms with Crippen molar-refractivity contribution in [2.45, 2.75) is 31.9 Å². The highest BCUT2D eigenvalue weighted by molar-refractivity contribution is 5.92. The lowest BCUT2D eigenvalue weighted by molar-refractivity contribution is -0.131. The van der Waals surface area contributed by atoms with Crippen LogP contribution in [0.4, 0.5) is 8.78 Å². The minimum absolute atomic E-state index is 0.0819. The van der Waals surface area contributed by atoms with Crippen LogP contribution in [0, 0.1) is 0 Å². The Hall–Kier alpha value is -2.10. The number of aromatic nitrogens is 3. The van der Waals surface area contributed by atoms with Gasteiger partial charge in [-0.1, -0.05) is 5.21 Å². The third-order valence-corrected chi connectivity index (χ3v) is 4.24. The summed E-state index contributed by atoms with van der Waals surface area (Å²) in [6, 6.07) is -0.662. The summed E-state index contributed by atoms with van der Waals surface area (Å²) >= 11 is 0. The number of likely N-dealkylation sites (tertiary alicyclic amines) is 1. The Morgan fingerprint density at radius 2 is 2.08 bits per heavy atom. The molecule has 0 aliphatic carbocycles. The van der Waals surface area contributed by atoms with E-state index in [0.29, 0.717) is 26.3 Å². The van der Waals surface area contributed by atoms with Gasteiger partial charge >= 0.3 is 0 Å². The van der Waals surface area contributed by atoms with Crippen molar-refractivity contribution >= 4 is 11.8 Å². The lowest BCUT2D eigenvalue weighted by atomic mass is 10.2. The fraction of sp³-hybridized carbons (Fsp3) is 0.714. The van der Waals surface area contributed by atoms with E-state index in [1.807, 2.05) is 0 Å². The Balaban J connectivity index is 1.67. The predicted molar refractivity (Wildman–Crippen MR) is 77.5 cm³/mol. The molecule has 2 amide bonds. The van der Waals surface area contributed by atoms with Gasteiger partial charge in [0.25, 0.3) is 11.8 Å². The third kappa shape index (κ3) is 3.53. The SMILES string of the molecule is CC(=O)N1CC(F)(F)CC1Cn1cc(C(=O)N2CCOCC2)nn1. The first-order chi connectivity index (χ1) is 11.4. The Morgan fingerprint density at radius 1 is 1.38 bits per heavy atom. The van der Waals surface area contributed by atoms with Gasteiger partial charge in [-0.05, 0) is 0 Å². The fourth-order valence-corrected chi connectivity index (χ4v) is 3.06. The van der Waals surface area contributed by atoms with E-state index in [4.69, 9.17) is 4.74 Å². The van der Waals surface area contributed by atoms with E-state index in [2.05, 4.69) is 10.3 Å². The zero-order chi connectivity index (χ0) is 17.3. The summed E-state index contributed by atoms with van der Waals surface area (Å²) in [6.07, 6.45) is 1.02. The smallest absolute Gasteiger partial charge is 0.276 e. The molecule has 0 spiro atoms. The number of nitrogens with zero attached hydrogens (tertiary/aromatic N) is 5. The Morgan fingerprint density at radius 3 is 2.75 bits per heavy atom. The van der Waals surface area contributed by atoms with Gasteiger partial charge in [-0.25, -0.2) is 13.5 Å². The number of carbonyl (C=O) groups excluding carboxylic acids is 2. The van der Waals surface area contributed by atoms with Crippen LogP contribution in [0.25, 0.3) is 0 Å². The fourth-order valence-electron chi connectivity index (χ4n) is 3.06. The molecule has 0 N–H and O–H groups in total. The molecule has 0 saturated carbocycles. The van der Waals surface area contributed by atoms with Crippen LogP contribution in [0.15, 0.2) is 6.20 Å². The normalized spacial score (nSPS) is 23.5. The first kappa shape index (κ1) is 16.7. The molecule has 1 aromatic heterocycles. The Bertz CT molecular complexity index is 630. The molecule has 2 saturated heterocycles. The van der Waals surface area contributed by atoms with Crippen molar-refractivity contribution in [2.75, 3.05) is 32.8 Å². The van der Waals surface area contributed by atoms with E-state index in [-0.39, 0.29) is 18.1 Å². The second kappa shape index (κ2) is 6.42. The standard InChI is InChI=1S/C14H19F2N5O3/c1-10(22)21-9-14(15,16)6-11(21)7-20-8-12(17-18-20)13(23)19-2-4-24-5-3-19/h8,11H,2-7,9H2,1H3. The van der Waals surface area contributed by atoms with Gasteiger partial charge in [-0.15, -0.1) is 5.10 Å². The molecule has 0 aromatic carbocycles. The number of morpholine rings is 1. The van der Waals surface area contributed by atoms with Crippen molar-refractivity contribution < 1.29 is 23.1 Å². The molecule has 0 radical (unpaired) electrons. The molecule has 3 rings (SSSR count). The summed E-state index contributed by atoms with van der Waals surface area (Å²) in [5.74, 6) is -3.56. The molecular formula is C14H19F2N5O3. The van der Waals surface area contributed by atoms with Gasteiger partial charge in [0, 0.05) is 26.4 Å². The monoisotopic (exact) mass is 343 g/mol. The van der Waals surface area contributed by atoms with Crippen LogP contribution in [0.5, 0.6) is 0 Å². The minimum Gasteiger partial charge on any atom is -0.378 e. The summed E-state index contributed by atoms with van der Waals surface area (Å²) in [6.45, 7) is 2.69. The van der Waals surface area contributed by atoms with E-state index in [0.717, 1.165) is 4.90 Å². The first-order valence-electron chi connectivity index (χ1n) is 7.78. The van der Waals surface area contributed by atoms with Gasteiger partial charge in [0.15, 0.2) is 5.69 Å². The number of amides is 2. The van der Waals surface area contributed by atoms with E-state index < -0.39 is 30.8 Å². The summed E-state index contributed by atoms with van der Waals surface area (Å²) < 4.78 is 33.7. The summed E-state index contributed by atoms with van der Waals surface area (Å²) in [4.78, 5) is 26.6. The average molecular weight is 343 g/mol. The maximum atomic E-state index is 13.6. The topological polar surface area (TPSA) is 80.6 Å². The number of carbonyl (C=O) groups is 2. The summed E-state index contributed by atoms with van der Waals surface area (Å²) in [5.41, 5.74) is 0.163. The van der Waals surface area contributed by atoms with Crippen molar-refractivity contribution in [2.24, 2.45) is 0 Å². The second-order valence-corrected chi connectivity index (χ2v) is 6.09. The average Bonchev–Trinajstić information content (AvgIpc) is 3.12. The summed E-state index contributed by atoms with van der Waals surface area (Å²) in [7, 11) is 0. The van der Waals surface area contributed by atoms with Crippen LogP contribution in [0.1, 0.15) is 23.8 Å². The van der Waals surface area contributed by atoms with Crippen LogP contribution in [-0.2, 0) is 16.1 Å². The van der Waals surface area contributed by atoms with Crippen molar-refractivity contribution in [3.05, 3.63) is 11.9 Å². The lowest BCUT2D eigenvalue weighted by Crippen LogP contribution is -2.40. The van der Waals surface area contributed by atoms with Crippen molar-refractivity contribution in [1.29, 1.82) is 0 Å². The van der Waals surface area contributed by atoms with Crippen molar-refractivity contribution in [3.63, 3.8) is 0 Å². The van der Waals surface area contributed by atoms with Crippen molar-refractivity contribution in [3.8, 4) is 0 Å². The molecule has 24 heavy (non-hydrogen) atoms. The second-order valence-electron chi connectivity index (χ2n) is 6.09. The largest absolute Gasteiger partial charge is 0.378 e. The number of alkyl halides is 2. The third-order valence-electron chi connectivity index (χ3n) is 4.24. The number of hydrogen-bond acceptors (Lipinski definition) is 5. The van der Waals surface area contributed by atoms with E-state index in [1.54, 1.807) is 4.90 Å².